The van der Waals surface area contributed by atoms with Crippen LogP contribution < -0.4 is 0 Å². The molecule has 0 N–H and O–H groups in total. The molecule has 1 heterocycles. The van der Waals surface area contributed by atoms with Gasteiger partial charge in [-0.05, 0) is 19.3 Å². The largest absolute Gasteiger partial charge is 0.381 e. The lowest BCUT2D eigenvalue weighted by atomic mass is 9.93. The van der Waals surface area contributed by atoms with Crippen LogP contribution in [0.1, 0.15) is 25.7 Å². The molecule has 0 aromatic carbocycles. The highest BCUT2D eigenvalue weighted by atomic mass is 35.5. The molecule has 0 radical (unpaired) electrons. The number of rotatable bonds is 4. The molecule has 0 spiro atoms. The first-order valence-corrected chi connectivity index (χ1v) is 5.04. The summed E-state index contributed by atoms with van der Waals surface area (Å²) in [6.45, 7) is 1.49. The predicted octanol–water partition coefficient (Wildman–Crippen LogP) is 2.00. The first-order chi connectivity index (χ1) is 5.84. The van der Waals surface area contributed by atoms with E-state index in [0.717, 1.165) is 32.5 Å². The summed E-state index contributed by atoms with van der Waals surface area (Å²) in [5.41, 5.74) is 0. The molecular formula is C9H15ClO2. The highest BCUT2D eigenvalue weighted by Gasteiger charge is 2.20. The number of ether oxygens (including phenoxy) is 1. The average Bonchev–Trinajstić information content (AvgIpc) is 2.15. The molecule has 12 heavy (non-hydrogen) atoms. The third kappa shape index (κ3) is 3.11. The molecule has 1 aliphatic rings. The van der Waals surface area contributed by atoms with Gasteiger partial charge in [-0.25, -0.2) is 0 Å². The third-order valence-electron chi connectivity index (χ3n) is 2.23. The summed E-state index contributed by atoms with van der Waals surface area (Å²) in [4.78, 5) is 11.4. The zero-order valence-electron chi connectivity index (χ0n) is 7.22. The van der Waals surface area contributed by atoms with Gasteiger partial charge in [0.05, 0.1) is 0 Å². The minimum atomic E-state index is 0.252. The van der Waals surface area contributed by atoms with Crippen molar-refractivity contribution >= 4 is 17.4 Å². The Morgan fingerprint density at radius 1 is 1.42 bits per heavy atom. The maximum absolute atomic E-state index is 11.4. The molecule has 0 unspecified atom stereocenters. The molecule has 0 saturated carbocycles. The highest BCUT2D eigenvalue weighted by molar-refractivity contribution is 6.17. The number of hydrogen-bond acceptors (Lipinski definition) is 2. The Morgan fingerprint density at radius 2 is 2.08 bits per heavy atom. The van der Waals surface area contributed by atoms with Crippen LogP contribution in [0, 0.1) is 5.92 Å². The molecule has 1 rings (SSSR count). The van der Waals surface area contributed by atoms with Crippen molar-refractivity contribution in [2.24, 2.45) is 5.92 Å². The van der Waals surface area contributed by atoms with Crippen LogP contribution in [0.3, 0.4) is 0 Å². The summed E-state index contributed by atoms with van der Waals surface area (Å²) >= 11 is 5.51. The van der Waals surface area contributed by atoms with E-state index in [1.54, 1.807) is 0 Å². The molecule has 0 atom stereocenters. The number of Topliss-reactive ketones (excluding diaryl/α,β-unsaturated/α-hetero) is 1. The minimum Gasteiger partial charge on any atom is -0.381 e. The second-order valence-electron chi connectivity index (χ2n) is 3.15. The number of hydrogen-bond donors (Lipinski definition) is 0. The van der Waals surface area contributed by atoms with Crippen molar-refractivity contribution in [3.8, 4) is 0 Å². The Balaban J connectivity index is 2.20. The van der Waals surface area contributed by atoms with Crippen LogP contribution in [-0.4, -0.2) is 24.9 Å². The summed E-state index contributed by atoms with van der Waals surface area (Å²) in [7, 11) is 0. The van der Waals surface area contributed by atoms with E-state index >= 15 is 0 Å². The van der Waals surface area contributed by atoms with Crippen molar-refractivity contribution in [3.63, 3.8) is 0 Å². The Labute approximate surface area is 78.2 Å². The van der Waals surface area contributed by atoms with Crippen LogP contribution in [0.4, 0.5) is 0 Å². The second-order valence-corrected chi connectivity index (χ2v) is 3.52. The van der Waals surface area contributed by atoms with E-state index in [1.165, 1.54) is 0 Å². The normalized spacial score (nSPS) is 19.4. The molecular weight excluding hydrogens is 176 g/mol. The molecule has 0 aromatic heterocycles. The molecule has 0 aliphatic carbocycles. The molecule has 0 amide bonds. The zero-order chi connectivity index (χ0) is 8.81. The zero-order valence-corrected chi connectivity index (χ0v) is 7.98. The second kappa shape index (κ2) is 5.55. The molecule has 1 fully saturated rings. The van der Waals surface area contributed by atoms with E-state index in [4.69, 9.17) is 16.3 Å². The van der Waals surface area contributed by atoms with Crippen molar-refractivity contribution < 1.29 is 9.53 Å². The maximum atomic E-state index is 11.4. The molecule has 2 nitrogen and oxygen atoms in total. The van der Waals surface area contributed by atoms with Crippen LogP contribution in [0.5, 0.6) is 0 Å². The van der Waals surface area contributed by atoms with Gasteiger partial charge in [-0.2, -0.15) is 0 Å². The van der Waals surface area contributed by atoms with Crippen LogP contribution in [0.2, 0.25) is 0 Å². The van der Waals surface area contributed by atoms with E-state index in [0.29, 0.717) is 18.1 Å². The van der Waals surface area contributed by atoms with Crippen LogP contribution in [0.25, 0.3) is 0 Å². The van der Waals surface area contributed by atoms with E-state index in [1.807, 2.05) is 0 Å². The summed E-state index contributed by atoms with van der Waals surface area (Å²) < 4.78 is 5.18. The quantitative estimate of drug-likeness (QED) is 0.634. The van der Waals surface area contributed by atoms with Crippen molar-refractivity contribution in [1.82, 2.24) is 0 Å². The first-order valence-electron chi connectivity index (χ1n) is 4.51. The fourth-order valence-corrected chi connectivity index (χ4v) is 1.60. The Bertz CT molecular complexity index is 141. The smallest absolute Gasteiger partial charge is 0.136 e. The van der Waals surface area contributed by atoms with E-state index in [2.05, 4.69) is 0 Å². The Hall–Kier alpha value is -0.0800. The van der Waals surface area contributed by atoms with Gasteiger partial charge in [0.2, 0.25) is 0 Å². The number of alkyl halides is 1. The number of ketones is 1. The molecule has 1 aliphatic heterocycles. The van der Waals surface area contributed by atoms with Gasteiger partial charge in [-0.3, -0.25) is 4.79 Å². The fraction of sp³-hybridized carbons (Fsp3) is 0.889. The van der Waals surface area contributed by atoms with Crippen molar-refractivity contribution in [1.29, 1.82) is 0 Å². The lowest BCUT2D eigenvalue weighted by molar-refractivity contribution is -0.125. The first kappa shape index (κ1) is 10.0. The van der Waals surface area contributed by atoms with Gasteiger partial charge in [0.1, 0.15) is 5.78 Å². The van der Waals surface area contributed by atoms with Gasteiger partial charge in [0.25, 0.3) is 0 Å². The molecule has 0 aromatic rings. The van der Waals surface area contributed by atoms with E-state index in [9.17, 15) is 4.79 Å². The summed E-state index contributed by atoms with van der Waals surface area (Å²) in [5.74, 6) is 1.22. The SMILES string of the molecule is O=C(CCCCl)C1CCOCC1. The maximum Gasteiger partial charge on any atom is 0.136 e. The van der Waals surface area contributed by atoms with Crippen molar-refractivity contribution in [2.75, 3.05) is 19.1 Å². The molecule has 1 saturated heterocycles. The molecule has 0 bridgehead atoms. The van der Waals surface area contributed by atoms with Gasteiger partial charge >= 0.3 is 0 Å². The van der Waals surface area contributed by atoms with E-state index in [-0.39, 0.29) is 5.92 Å². The topological polar surface area (TPSA) is 26.3 Å². The van der Waals surface area contributed by atoms with Gasteiger partial charge in [-0.15, -0.1) is 11.6 Å². The van der Waals surface area contributed by atoms with Gasteiger partial charge in [-0.1, -0.05) is 0 Å². The van der Waals surface area contributed by atoms with Gasteiger partial charge in [0, 0.05) is 31.4 Å². The monoisotopic (exact) mass is 190 g/mol. The van der Waals surface area contributed by atoms with Crippen LogP contribution in [0.15, 0.2) is 0 Å². The number of carbonyl (C=O) groups is 1. The minimum absolute atomic E-state index is 0.252. The lowest BCUT2D eigenvalue weighted by Crippen LogP contribution is -2.23. The average molecular weight is 191 g/mol. The number of halogens is 1. The summed E-state index contributed by atoms with van der Waals surface area (Å²) in [6.07, 6.45) is 3.27. The van der Waals surface area contributed by atoms with Crippen molar-refractivity contribution in [2.45, 2.75) is 25.7 Å². The van der Waals surface area contributed by atoms with Gasteiger partial charge in [0.15, 0.2) is 0 Å². The van der Waals surface area contributed by atoms with Crippen molar-refractivity contribution in [3.05, 3.63) is 0 Å². The summed E-state index contributed by atoms with van der Waals surface area (Å²) in [6, 6.07) is 0. The van der Waals surface area contributed by atoms with Gasteiger partial charge < -0.3 is 4.74 Å². The lowest BCUT2D eigenvalue weighted by Gasteiger charge is -2.20. The highest BCUT2D eigenvalue weighted by Crippen LogP contribution is 2.17. The number of carbonyl (C=O) groups excluding carboxylic acids is 1. The van der Waals surface area contributed by atoms with Crippen LogP contribution >= 0.6 is 11.6 Å². The predicted molar refractivity (Wildman–Crippen MR) is 48.5 cm³/mol. The molecule has 3 heteroatoms. The third-order valence-corrected chi connectivity index (χ3v) is 2.50. The Kier molecular flexibility index (Phi) is 4.62. The summed E-state index contributed by atoms with van der Waals surface area (Å²) in [5, 5.41) is 0. The fourth-order valence-electron chi connectivity index (χ4n) is 1.46. The van der Waals surface area contributed by atoms with E-state index < -0.39 is 0 Å². The Morgan fingerprint density at radius 3 is 2.67 bits per heavy atom. The standard InChI is InChI=1S/C9H15ClO2/c10-5-1-2-9(11)8-3-6-12-7-4-8/h8H,1-7H2. The van der Waals surface area contributed by atoms with Crippen LogP contribution in [-0.2, 0) is 9.53 Å². The molecule has 70 valence electrons.